The van der Waals surface area contributed by atoms with Crippen molar-refractivity contribution in [1.29, 1.82) is 0 Å². The molecule has 0 aromatic heterocycles. The minimum atomic E-state index is -1.30. The van der Waals surface area contributed by atoms with Crippen molar-refractivity contribution in [2.45, 2.75) is 19.6 Å². The molecule has 3 aromatic carbocycles. The van der Waals surface area contributed by atoms with E-state index in [1.54, 1.807) is 30.3 Å². The Morgan fingerprint density at radius 3 is 2.56 bits per heavy atom. The van der Waals surface area contributed by atoms with E-state index in [0.717, 1.165) is 9.13 Å². The highest BCUT2D eigenvalue weighted by Gasteiger charge is 2.16. The van der Waals surface area contributed by atoms with E-state index in [2.05, 4.69) is 33.1 Å². The number of hydrogen-bond donors (Lipinski definition) is 2. The number of rotatable bonds is 9. The molecule has 0 bridgehead atoms. The van der Waals surface area contributed by atoms with Gasteiger partial charge in [0.15, 0.2) is 17.6 Å². The monoisotopic (exact) mass is 564 g/mol. The lowest BCUT2D eigenvalue weighted by Gasteiger charge is -2.15. The van der Waals surface area contributed by atoms with Gasteiger partial charge in [-0.15, -0.1) is 0 Å². The summed E-state index contributed by atoms with van der Waals surface area (Å²) in [5, 5.41) is 14.8. The molecule has 3 rings (SSSR count). The third kappa shape index (κ3) is 6.69. The summed E-state index contributed by atoms with van der Waals surface area (Å²) in [7, 11) is 0. The normalized spacial score (nSPS) is 11.9. The predicted molar refractivity (Wildman–Crippen MR) is 133 cm³/mol. The van der Waals surface area contributed by atoms with Crippen LogP contribution in [-0.2, 0) is 11.4 Å². The van der Waals surface area contributed by atoms with Crippen molar-refractivity contribution in [2.24, 2.45) is 5.10 Å². The van der Waals surface area contributed by atoms with Gasteiger partial charge in [0, 0.05) is 5.02 Å². The second-order valence-electron chi connectivity index (χ2n) is 6.73. The fraction of sp³-hybridized carbons (Fsp3) is 0.167. The zero-order chi connectivity index (χ0) is 22.9. The highest BCUT2D eigenvalue weighted by atomic mass is 127. The Morgan fingerprint density at radius 2 is 1.88 bits per heavy atom. The third-order valence-corrected chi connectivity index (χ3v) is 5.43. The molecule has 6 nitrogen and oxygen atoms in total. The fourth-order valence-electron chi connectivity index (χ4n) is 2.82. The molecule has 0 radical (unpaired) electrons. The van der Waals surface area contributed by atoms with Crippen LogP contribution in [0.3, 0.4) is 0 Å². The van der Waals surface area contributed by atoms with Crippen LogP contribution in [0.15, 0.2) is 71.8 Å². The molecule has 0 saturated carbocycles. The van der Waals surface area contributed by atoms with Gasteiger partial charge in [0.25, 0.3) is 5.91 Å². The Bertz CT molecular complexity index is 1080. The highest BCUT2D eigenvalue weighted by Crippen LogP contribution is 2.34. The first-order valence-corrected chi connectivity index (χ1v) is 11.3. The summed E-state index contributed by atoms with van der Waals surface area (Å²) in [5.41, 5.74) is 4.56. The van der Waals surface area contributed by atoms with Crippen molar-refractivity contribution in [3.05, 3.63) is 92.0 Å². The number of benzene rings is 3. The third-order valence-electron chi connectivity index (χ3n) is 4.38. The molecule has 0 unspecified atom stereocenters. The number of aliphatic hydroxyl groups is 1. The molecule has 0 spiro atoms. The molecule has 166 valence electrons. The van der Waals surface area contributed by atoms with Gasteiger partial charge in [-0.3, -0.25) is 4.79 Å². The summed E-state index contributed by atoms with van der Waals surface area (Å²) >= 11 is 8.10. The zero-order valence-electron chi connectivity index (χ0n) is 17.3. The first-order valence-electron chi connectivity index (χ1n) is 9.87. The Hall–Kier alpha value is -2.62. The maximum Gasteiger partial charge on any atom is 0.273 e. The molecule has 0 aliphatic carbocycles. The molecule has 0 aliphatic heterocycles. The van der Waals surface area contributed by atoms with Gasteiger partial charge >= 0.3 is 0 Å². The summed E-state index contributed by atoms with van der Waals surface area (Å²) in [6.45, 7) is 2.73. The Morgan fingerprint density at radius 1 is 1.16 bits per heavy atom. The van der Waals surface area contributed by atoms with Crippen molar-refractivity contribution in [1.82, 2.24) is 5.43 Å². The van der Waals surface area contributed by atoms with E-state index in [0.29, 0.717) is 40.9 Å². The maximum absolute atomic E-state index is 12.1. The van der Waals surface area contributed by atoms with Gasteiger partial charge in [0.2, 0.25) is 0 Å². The number of halogens is 2. The quantitative estimate of drug-likeness (QED) is 0.215. The van der Waals surface area contributed by atoms with E-state index >= 15 is 0 Å². The van der Waals surface area contributed by atoms with Crippen LogP contribution in [0.4, 0.5) is 0 Å². The molecule has 1 amide bonds. The van der Waals surface area contributed by atoms with Crippen molar-refractivity contribution in [3.8, 4) is 11.5 Å². The van der Waals surface area contributed by atoms with Crippen molar-refractivity contribution < 1.29 is 19.4 Å². The van der Waals surface area contributed by atoms with Gasteiger partial charge in [-0.1, -0.05) is 54.1 Å². The topological polar surface area (TPSA) is 80.2 Å². The van der Waals surface area contributed by atoms with Gasteiger partial charge < -0.3 is 14.6 Å². The molecule has 3 aromatic rings. The number of hydrazone groups is 1. The summed E-state index contributed by atoms with van der Waals surface area (Å²) in [5.74, 6) is 0.587. The molecule has 8 heteroatoms. The summed E-state index contributed by atoms with van der Waals surface area (Å²) < 4.78 is 12.6. The molecule has 0 heterocycles. The number of nitrogens with one attached hydrogen (secondary N) is 1. The average Bonchev–Trinajstić information content (AvgIpc) is 2.80. The van der Waals surface area contributed by atoms with Gasteiger partial charge in [-0.05, 0) is 70.5 Å². The van der Waals surface area contributed by atoms with E-state index in [9.17, 15) is 9.90 Å². The fourth-order valence-corrected chi connectivity index (χ4v) is 3.73. The molecule has 32 heavy (non-hydrogen) atoms. The minimum Gasteiger partial charge on any atom is -0.490 e. The second kappa shape index (κ2) is 11.8. The van der Waals surface area contributed by atoms with E-state index in [1.165, 1.54) is 6.21 Å². The number of nitrogens with zero attached hydrogens (tertiary/aromatic N) is 1. The van der Waals surface area contributed by atoms with E-state index in [1.807, 2.05) is 43.3 Å². The molecular formula is C24H22ClIN2O4. The van der Waals surface area contributed by atoms with E-state index < -0.39 is 12.0 Å². The van der Waals surface area contributed by atoms with Crippen LogP contribution in [0, 0.1) is 3.57 Å². The maximum atomic E-state index is 12.1. The minimum absolute atomic E-state index is 0.369. The molecule has 0 saturated heterocycles. The van der Waals surface area contributed by atoms with Gasteiger partial charge in [0.1, 0.15) is 6.61 Å². The summed E-state index contributed by atoms with van der Waals surface area (Å²) in [4.78, 5) is 12.1. The molecular weight excluding hydrogens is 543 g/mol. The van der Waals surface area contributed by atoms with Crippen LogP contribution >= 0.6 is 34.2 Å². The van der Waals surface area contributed by atoms with Crippen LogP contribution in [0.5, 0.6) is 11.5 Å². The second-order valence-corrected chi connectivity index (χ2v) is 8.32. The van der Waals surface area contributed by atoms with E-state index in [-0.39, 0.29) is 0 Å². The van der Waals surface area contributed by atoms with E-state index in [4.69, 9.17) is 21.1 Å². The lowest BCUT2D eigenvalue weighted by atomic mass is 10.1. The van der Waals surface area contributed by atoms with Crippen LogP contribution in [-0.4, -0.2) is 23.8 Å². The van der Waals surface area contributed by atoms with Crippen molar-refractivity contribution in [2.75, 3.05) is 6.61 Å². The van der Waals surface area contributed by atoms with Gasteiger partial charge in [-0.2, -0.15) is 5.10 Å². The molecule has 1 atom stereocenters. The lowest BCUT2D eigenvalue weighted by molar-refractivity contribution is -0.129. The van der Waals surface area contributed by atoms with Crippen molar-refractivity contribution in [3.63, 3.8) is 0 Å². The molecule has 2 N–H and O–H groups in total. The first-order chi connectivity index (χ1) is 15.5. The Kier molecular flexibility index (Phi) is 8.90. The number of hydrogen-bond acceptors (Lipinski definition) is 5. The van der Waals surface area contributed by atoms with Crippen LogP contribution in [0.2, 0.25) is 5.02 Å². The summed E-state index contributed by atoms with van der Waals surface area (Å²) in [6.07, 6.45) is 0.194. The standard InChI is InChI=1S/C24H22ClIN2O4/c1-2-31-21-13-17(14-27-28-24(30)22(29)18-6-4-3-5-7-18)12-20(26)23(21)32-15-16-8-10-19(25)11-9-16/h3-14,22,29H,2,15H2,1H3,(H,28,30)/b27-14-/t22-/m0/s1. The van der Waals surface area contributed by atoms with Crippen LogP contribution < -0.4 is 14.9 Å². The Labute approximate surface area is 205 Å². The number of carbonyl (C=O) groups excluding carboxylic acids is 1. The highest BCUT2D eigenvalue weighted by molar-refractivity contribution is 14.1. The van der Waals surface area contributed by atoms with Crippen LogP contribution in [0.25, 0.3) is 0 Å². The number of carbonyl (C=O) groups is 1. The zero-order valence-corrected chi connectivity index (χ0v) is 20.2. The number of ether oxygens (including phenoxy) is 2. The lowest BCUT2D eigenvalue weighted by Crippen LogP contribution is -2.25. The SMILES string of the molecule is CCOc1cc(/C=N\NC(=O)[C@@H](O)c2ccccc2)cc(I)c1OCc1ccc(Cl)cc1. The van der Waals surface area contributed by atoms with Crippen molar-refractivity contribution >= 4 is 46.3 Å². The smallest absolute Gasteiger partial charge is 0.273 e. The predicted octanol–water partition coefficient (Wildman–Crippen LogP) is 5.11. The molecule has 0 aliphatic rings. The van der Waals surface area contributed by atoms with Crippen LogP contribution in [0.1, 0.15) is 29.7 Å². The van der Waals surface area contributed by atoms with Gasteiger partial charge in [0.05, 0.1) is 16.4 Å². The number of amides is 1. The summed E-state index contributed by atoms with van der Waals surface area (Å²) in [6, 6.07) is 19.8. The average molecular weight is 565 g/mol. The van der Waals surface area contributed by atoms with Gasteiger partial charge in [-0.25, -0.2) is 5.43 Å². The Balaban J connectivity index is 1.69. The first kappa shape index (κ1) is 24.0. The largest absolute Gasteiger partial charge is 0.490 e. The number of aliphatic hydroxyl groups excluding tert-OH is 1. The molecule has 0 fully saturated rings.